The highest BCUT2D eigenvalue weighted by Gasteiger charge is 2.33. The van der Waals surface area contributed by atoms with Gasteiger partial charge in [0.15, 0.2) is 0 Å². The molecule has 3 heterocycles. The van der Waals surface area contributed by atoms with Gasteiger partial charge < -0.3 is 9.80 Å². The molecule has 1 aromatic heterocycles. The van der Waals surface area contributed by atoms with E-state index < -0.39 is 0 Å². The molecule has 1 atom stereocenters. The van der Waals surface area contributed by atoms with Crippen LogP contribution in [0.1, 0.15) is 12.8 Å². The number of piperidine rings is 1. The lowest BCUT2D eigenvalue weighted by atomic mass is 10.0. The summed E-state index contributed by atoms with van der Waals surface area (Å²) in [5.41, 5.74) is 2.19. The maximum atomic E-state index is 12.4. The molecule has 126 valence electrons. The second kappa shape index (κ2) is 6.36. The van der Waals surface area contributed by atoms with Gasteiger partial charge in [0.2, 0.25) is 5.91 Å². The summed E-state index contributed by atoms with van der Waals surface area (Å²) < 4.78 is 0. The first kappa shape index (κ1) is 15.3. The van der Waals surface area contributed by atoms with Crippen LogP contribution in [0.3, 0.4) is 0 Å². The third-order valence-electron chi connectivity index (χ3n) is 5.24. The Labute approximate surface area is 142 Å². The van der Waals surface area contributed by atoms with Crippen LogP contribution in [-0.4, -0.2) is 71.5 Å². The number of hydrogen-bond acceptors (Lipinski definition) is 5. The molecule has 4 rings (SSSR count). The zero-order chi connectivity index (χ0) is 16.5. The molecule has 1 unspecified atom stereocenters. The summed E-state index contributed by atoms with van der Waals surface area (Å²) >= 11 is 0. The van der Waals surface area contributed by atoms with Crippen LogP contribution < -0.4 is 4.90 Å². The Balaban J connectivity index is 1.44. The van der Waals surface area contributed by atoms with E-state index in [-0.39, 0.29) is 11.9 Å². The minimum Gasteiger partial charge on any atom is -0.369 e. The molecule has 2 aromatic rings. The lowest BCUT2D eigenvalue weighted by Crippen LogP contribution is -2.57. The molecule has 2 aliphatic rings. The number of hydrogen-bond donors (Lipinski definition) is 0. The van der Waals surface area contributed by atoms with E-state index in [0.29, 0.717) is 0 Å². The van der Waals surface area contributed by atoms with Crippen molar-refractivity contribution in [3.8, 4) is 0 Å². The van der Waals surface area contributed by atoms with Crippen molar-refractivity contribution in [3.63, 3.8) is 0 Å². The van der Waals surface area contributed by atoms with Gasteiger partial charge in [-0.2, -0.15) is 0 Å². The van der Waals surface area contributed by atoms with Crippen molar-refractivity contribution in [2.45, 2.75) is 18.9 Å². The number of carbonyl (C=O) groups excluding carboxylic acids is 1. The number of carbonyl (C=O) groups is 1. The molecule has 1 aromatic carbocycles. The smallest absolute Gasteiger partial charge is 0.239 e. The summed E-state index contributed by atoms with van der Waals surface area (Å²) in [6.07, 6.45) is 5.55. The molecule has 6 nitrogen and oxygen atoms in total. The normalized spacial score (nSPS) is 23.0. The van der Waals surface area contributed by atoms with Crippen LogP contribution in [0.2, 0.25) is 0 Å². The Kier molecular flexibility index (Phi) is 4.06. The molecule has 0 spiro atoms. The van der Waals surface area contributed by atoms with E-state index in [1.165, 1.54) is 5.69 Å². The van der Waals surface area contributed by atoms with Gasteiger partial charge in [0.25, 0.3) is 0 Å². The molecule has 6 heteroatoms. The molecule has 2 aliphatic heterocycles. The molecule has 0 radical (unpaired) electrons. The molecule has 2 fully saturated rings. The number of piperazine rings is 1. The number of benzene rings is 1. The van der Waals surface area contributed by atoms with Crippen LogP contribution in [0.4, 0.5) is 5.69 Å². The van der Waals surface area contributed by atoms with Crippen LogP contribution in [0.25, 0.3) is 10.9 Å². The van der Waals surface area contributed by atoms with Crippen molar-refractivity contribution >= 4 is 22.5 Å². The molecular formula is C18H23N5O. The van der Waals surface area contributed by atoms with Crippen molar-refractivity contribution < 1.29 is 4.79 Å². The summed E-state index contributed by atoms with van der Waals surface area (Å²) in [6.45, 7) is 4.68. The van der Waals surface area contributed by atoms with Gasteiger partial charge in [-0.1, -0.05) is 0 Å². The van der Waals surface area contributed by atoms with Gasteiger partial charge in [-0.3, -0.25) is 9.69 Å². The van der Waals surface area contributed by atoms with E-state index in [0.717, 1.165) is 56.5 Å². The standard InChI is InChI=1S/C18H23N5O/c1-21-6-2-3-17(18(21)24)23-9-7-22(8-10-23)15-4-5-16-14(11-15)12-19-13-20-16/h4-5,11-13,17H,2-3,6-10H2,1H3. The predicted octanol–water partition coefficient (Wildman–Crippen LogP) is 1.37. The number of rotatable bonds is 2. The SMILES string of the molecule is CN1CCCC(N2CCN(c3ccc4ncncc4c3)CC2)C1=O. The third kappa shape index (κ3) is 2.82. The highest BCUT2D eigenvalue weighted by Crippen LogP contribution is 2.23. The fourth-order valence-corrected chi connectivity index (χ4v) is 3.81. The van der Waals surface area contributed by atoms with E-state index >= 15 is 0 Å². The van der Waals surface area contributed by atoms with Crippen molar-refractivity contribution in [3.05, 3.63) is 30.7 Å². The highest BCUT2D eigenvalue weighted by molar-refractivity contribution is 5.83. The zero-order valence-corrected chi connectivity index (χ0v) is 14.1. The molecule has 24 heavy (non-hydrogen) atoms. The number of anilines is 1. The molecule has 0 N–H and O–H groups in total. The van der Waals surface area contributed by atoms with Crippen LogP contribution in [0.15, 0.2) is 30.7 Å². The molecular weight excluding hydrogens is 302 g/mol. The molecule has 0 aliphatic carbocycles. The second-order valence-corrected chi connectivity index (χ2v) is 6.71. The highest BCUT2D eigenvalue weighted by atomic mass is 16.2. The lowest BCUT2D eigenvalue weighted by Gasteiger charge is -2.42. The fraction of sp³-hybridized carbons (Fsp3) is 0.500. The average Bonchev–Trinajstić information content (AvgIpc) is 2.64. The summed E-state index contributed by atoms with van der Waals surface area (Å²) in [5.74, 6) is 0.289. The van der Waals surface area contributed by atoms with Crippen LogP contribution >= 0.6 is 0 Å². The number of likely N-dealkylation sites (N-methyl/N-ethyl adjacent to an activating group) is 1. The van der Waals surface area contributed by atoms with Crippen LogP contribution in [0.5, 0.6) is 0 Å². The Bertz CT molecular complexity index is 741. The van der Waals surface area contributed by atoms with Gasteiger partial charge in [0, 0.05) is 57.0 Å². The molecule has 0 bridgehead atoms. The fourth-order valence-electron chi connectivity index (χ4n) is 3.81. The minimum absolute atomic E-state index is 0.0795. The van der Waals surface area contributed by atoms with Gasteiger partial charge in [-0.05, 0) is 31.0 Å². The lowest BCUT2D eigenvalue weighted by molar-refractivity contribution is -0.138. The second-order valence-electron chi connectivity index (χ2n) is 6.71. The zero-order valence-electron chi connectivity index (χ0n) is 14.1. The van der Waals surface area contributed by atoms with Crippen LogP contribution in [0, 0.1) is 0 Å². The van der Waals surface area contributed by atoms with E-state index in [1.807, 2.05) is 18.1 Å². The number of amides is 1. The number of fused-ring (bicyclic) bond motifs is 1. The van der Waals surface area contributed by atoms with Crippen molar-refractivity contribution in [1.29, 1.82) is 0 Å². The first-order valence-corrected chi connectivity index (χ1v) is 8.66. The largest absolute Gasteiger partial charge is 0.369 e. The monoisotopic (exact) mass is 325 g/mol. The number of nitrogens with zero attached hydrogens (tertiary/aromatic N) is 5. The molecule has 1 amide bonds. The first-order chi connectivity index (χ1) is 11.7. The number of likely N-dealkylation sites (tertiary alicyclic amines) is 1. The number of aromatic nitrogens is 2. The van der Waals surface area contributed by atoms with Crippen molar-refractivity contribution in [2.24, 2.45) is 0 Å². The maximum absolute atomic E-state index is 12.4. The predicted molar refractivity (Wildman–Crippen MR) is 94.0 cm³/mol. The van der Waals surface area contributed by atoms with E-state index in [4.69, 9.17) is 0 Å². The average molecular weight is 325 g/mol. The first-order valence-electron chi connectivity index (χ1n) is 8.66. The van der Waals surface area contributed by atoms with Gasteiger partial charge in [-0.15, -0.1) is 0 Å². The summed E-state index contributed by atoms with van der Waals surface area (Å²) in [5, 5.41) is 1.07. The topological polar surface area (TPSA) is 52.6 Å². The van der Waals surface area contributed by atoms with E-state index in [9.17, 15) is 4.79 Å². The molecule has 2 saturated heterocycles. The quantitative estimate of drug-likeness (QED) is 0.835. The van der Waals surface area contributed by atoms with Gasteiger partial charge in [-0.25, -0.2) is 9.97 Å². The summed E-state index contributed by atoms with van der Waals surface area (Å²) in [4.78, 5) is 27.4. The molecule has 0 saturated carbocycles. The van der Waals surface area contributed by atoms with Gasteiger partial charge in [0.1, 0.15) is 6.33 Å². The van der Waals surface area contributed by atoms with Crippen LogP contribution in [-0.2, 0) is 4.79 Å². The minimum atomic E-state index is 0.0795. The Morgan fingerprint density at radius 3 is 2.79 bits per heavy atom. The summed E-state index contributed by atoms with van der Waals surface area (Å²) in [6, 6.07) is 6.42. The van der Waals surface area contributed by atoms with E-state index in [1.54, 1.807) is 6.33 Å². The Hall–Kier alpha value is -2.21. The Morgan fingerprint density at radius 1 is 1.12 bits per heavy atom. The Morgan fingerprint density at radius 2 is 1.96 bits per heavy atom. The third-order valence-corrected chi connectivity index (χ3v) is 5.24. The van der Waals surface area contributed by atoms with E-state index in [2.05, 4.69) is 38.0 Å². The van der Waals surface area contributed by atoms with Crippen molar-refractivity contribution in [1.82, 2.24) is 19.8 Å². The van der Waals surface area contributed by atoms with Crippen molar-refractivity contribution in [2.75, 3.05) is 44.7 Å². The summed E-state index contributed by atoms with van der Waals surface area (Å²) in [7, 11) is 1.92. The maximum Gasteiger partial charge on any atom is 0.239 e. The van der Waals surface area contributed by atoms with Gasteiger partial charge in [0.05, 0.1) is 11.6 Å². The van der Waals surface area contributed by atoms with Gasteiger partial charge >= 0.3 is 0 Å².